The Morgan fingerprint density at radius 2 is 1.75 bits per heavy atom. The van der Waals surface area contributed by atoms with Crippen LogP contribution in [0, 0.1) is 16.7 Å². The molecule has 3 rings (SSSR count). The van der Waals surface area contributed by atoms with Gasteiger partial charge in [0.15, 0.2) is 0 Å². The molecule has 0 bridgehead atoms. The summed E-state index contributed by atoms with van der Waals surface area (Å²) in [4.78, 5) is 24.2. The number of amides is 2. The third kappa shape index (κ3) is 6.31. The van der Waals surface area contributed by atoms with E-state index in [0.717, 1.165) is 11.1 Å². The standard InChI is InChI=1S/C27H32Cl2N4O3/c1-26(2,3)15-21-27(16-30,18-8-10-19(28)11-9-18)22(17-6-4-7-20(29)14-17)23(33-21)24(34)31-12-5-13-32-25(35)36/h4,6-11,14,21-23,32-33H,5,12-13,15H2,1-3H3,(H,31,34)(H,35,36)/t21-,22-,23+,27-/m0/s1. The van der Waals surface area contributed by atoms with Crippen molar-refractivity contribution in [1.29, 1.82) is 5.26 Å². The molecule has 2 aromatic carbocycles. The SMILES string of the molecule is CC(C)(C)C[C@@H]1N[C@@H](C(=O)NCCCNC(=O)O)[C@H](c2cccc(Cl)c2)[C@@]1(C#N)c1ccc(Cl)cc1. The van der Waals surface area contributed by atoms with E-state index < -0.39 is 23.5 Å². The van der Waals surface area contributed by atoms with Crippen LogP contribution >= 0.6 is 23.2 Å². The fraction of sp³-hybridized carbons (Fsp3) is 0.444. The Kier molecular flexibility index (Phi) is 8.89. The minimum atomic E-state index is -1.11. The number of carbonyl (C=O) groups is 2. The van der Waals surface area contributed by atoms with Gasteiger partial charge in [0.2, 0.25) is 5.91 Å². The molecule has 192 valence electrons. The van der Waals surface area contributed by atoms with E-state index in [0.29, 0.717) is 29.4 Å². The molecule has 1 saturated heterocycles. The number of halogens is 2. The van der Waals surface area contributed by atoms with E-state index >= 15 is 0 Å². The number of rotatable bonds is 8. The van der Waals surface area contributed by atoms with Crippen molar-refractivity contribution < 1.29 is 14.7 Å². The largest absolute Gasteiger partial charge is 0.465 e. The number of carbonyl (C=O) groups excluding carboxylic acids is 1. The Morgan fingerprint density at radius 3 is 2.33 bits per heavy atom. The van der Waals surface area contributed by atoms with Crippen LogP contribution < -0.4 is 16.0 Å². The number of nitriles is 1. The van der Waals surface area contributed by atoms with Crippen LogP contribution in [0.15, 0.2) is 48.5 Å². The predicted molar refractivity (Wildman–Crippen MR) is 141 cm³/mol. The van der Waals surface area contributed by atoms with Gasteiger partial charge >= 0.3 is 6.09 Å². The molecule has 36 heavy (non-hydrogen) atoms. The van der Waals surface area contributed by atoms with Gasteiger partial charge in [0, 0.05) is 35.1 Å². The molecular formula is C27H32Cl2N4O3. The smallest absolute Gasteiger partial charge is 0.404 e. The molecule has 1 aliphatic rings. The van der Waals surface area contributed by atoms with Gasteiger partial charge < -0.3 is 21.1 Å². The van der Waals surface area contributed by atoms with Crippen LogP contribution in [0.2, 0.25) is 10.0 Å². The molecular weight excluding hydrogens is 499 g/mol. The Bertz CT molecular complexity index is 1130. The van der Waals surface area contributed by atoms with Crippen molar-refractivity contribution in [3.63, 3.8) is 0 Å². The van der Waals surface area contributed by atoms with Crippen molar-refractivity contribution in [1.82, 2.24) is 16.0 Å². The zero-order chi connectivity index (χ0) is 26.5. The van der Waals surface area contributed by atoms with E-state index in [9.17, 15) is 14.9 Å². The molecule has 0 unspecified atom stereocenters. The van der Waals surface area contributed by atoms with E-state index in [-0.39, 0.29) is 23.9 Å². The minimum Gasteiger partial charge on any atom is -0.465 e. The van der Waals surface area contributed by atoms with Gasteiger partial charge in [0.05, 0.1) is 12.1 Å². The van der Waals surface area contributed by atoms with Crippen LogP contribution in [0.5, 0.6) is 0 Å². The molecule has 0 aromatic heterocycles. The zero-order valence-electron chi connectivity index (χ0n) is 20.6. The highest BCUT2D eigenvalue weighted by Crippen LogP contribution is 2.51. The number of nitrogens with zero attached hydrogens (tertiary/aromatic N) is 1. The average molecular weight is 531 g/mol. The van der Waals surface area contributed by atoms with Crippen LogP contribution in [0.3, 0.4) is 0 Å². The number of hydrogen-bond donors (Lipinski definition) is 4. The maximum Gasteiger partial charge on any atom is 0.404 e. The summed E-state index contributed by atoms with van der Waals surface area (Å²) in [5.41, 5.74) is 0.367. The molecule has 1 heterocycles. The molecule has 0 aliphatic carbocycles. The van der Waals surface area contributed by atoms with Gasteiger partial charge in [-0.2, -0.15) is 5.26 Å². The maximum absolute atomic E-state index is 13.5. The van der Waals surface area contributed by atoms with Crippen molar-refractivity contribution in [3.05, 3.63) is 69.7 Å². The number of hydrogen-bond acceptors (Lipinski definition) is 4. The van der Waals surface area contributed by atoms with Gasteiger partial charge in [-0.3, -0.25) is 4.79 Å². The summed E-state index contributed by atoms with van der Waals surface area (Å²) in [7, 11) is 0. The third-order valence-corrected chi connectivity index (χ3v) is 6.98. The number of carboxylic acid groups (broad SMARTS) is 1. The van der Waals surface area contributed by atoms with Gasteiger partial charge in [-0.1, -0.05) is 68.2 Å². The highest BCUT2D eigenvalue weighted by atomic mass is 35.5. The summed E-state index contributed by atoms with van der Waals surface area (Å²) >= 11 is 12.5. The normalized spacial score (nSPS) is 23.6. The average Bonchev–Trinajstić information content (AvgIpc) is 3.12. The Balaban J connectivity index is 2.07. The molecule has 1 fully saturated rings. The lowest BCUT2D eigenvalue weighted by Gasteiger charge is -2.37. The highest BCUT2D eigenvalue weighted by Gasteiger charge is 2.59. The second-order valence-corrected chi connectivity index (χ2v) is 11.2. The van der Waals surface area contributed by atoms with Crippen LogP contribution in [0.4, 0.5) is 4.79 Å². The van der Waals surface area contributed by atoms with Gasteiger partial charge in [-0.15, -0.1) is 0 Å². The molecule has 4 N–H and O–H groups in total. The molecule has 1 aliphatic heterocycles. The quantitative estimate of drug-likeness (QED) is 0.355. The van der Waals surface area contributed by atoms with Gasteiger partial charge in [0.25, 0.3) is 0 Å². The zero-order valence-corrected chi connectivity index (χ0v) is 22.2. The minimum absolute atomic E-state index is 0.126. The lowest BCUT2D eigenvalue weighted by molar-refractivity contribution is -0.123. The molecule has 2 aromatic rings. The fourth-order valence-corrected chi connectivity index (χ4v) is 5.39. The highest BCUT2D eigenvalue weighted by molar-refractivity contribution is 6.30. The summed E-state index contributed by atoms with van der Waals surface area (Å²) in [6.45, 7) is 6.84. The molecule has 0 spiro atoms. The Morgan fingerprint density at radius 1 is 1.08 bits per heavy atom. The molecule has 4 atom stereocenters. The molecule has 9 heteroatoms. The lowest BCUT2D eigenvalue weighted by Crippen LogP contribution is -2.46. The molecule has 2 amide bonds. The van der Waals surface area contributed by atoms with Crippen molar-refractivity contribution in [2.45, 2.75) is 57.0 Å². The maximum atomic E-state index is 13.5. The summed E-state index contributed by atoms with van der Waals surface area (Å²) in [5, 5.41) is 29.4. The van der Waals surface area contributed by atoms with Gasteiger partial charge in [-0.25, -0.2) is 4.79 Å². The molecule has 7 nitrogen and oxygen atoms in total. The van der Waals surface area contributed by atoms with E-state index in [1.807, 2.05) is 30.3 Å². The first-order chi connectivity index (χ1) is 17.0. The lowest BCUT2D eigenvalue weighted by atomic mass is 9.63. The second-order valence-electron chi connectivity index (χ2n) is 10.4. The van der Waals surface area contributed by atoms with E-state index in [1.165, 1.54) is 0 Å². The Labute approximate surface area is 222 Å². The predicted octanol–water partition coefficient (Wildman–Crippen LogP) is 5.09. The van der Waals surface area contributed by atoms with E-state index in [1.54, 1.807) is 18.2 Å². The van der Waals surface area contributed by atoms with Gasteiger partial charge in [-0.05, 0) is 53.6 Å². The van der Waals surface area contributed by atoms with Crippen LogP contribution in [0.25, 0.3) is 0 Å². The summed E-state index contributed by atoms with van der Waals surface area (Å²) in [6.07, 6.45) is -0.0166. The molecule has 0 radical (unpaired) electrons. The molecule has 0 saturated carbocycles. The monoisotopic (exact) mass is 530 g/mol. The van der Waals surface area contributed by atoms with Crippen molar-refractivity contribution in [2.24, 2.45) is 5.41 Å². The summed E-state index contributed by atoms with van der Waals surface area (Å²) in [6, 6.07) is 16.1. The Hall–Kier alpha value is -2.79. The van der Waals surface area contributed by atoms with Crippen molar-refractivity contribution >= 4 is 35.2 Å². The van der Waals surface area contributed by atoms with Crippen molar-refractivity contribution in [2.75, 3.05) is 13.1 Å². The van der Waals surface area contributed by atoms with Crippen molar-refractivity contribution in [3.8, 4) is 6.07 Å². The third-order valence-electron chi connectivity index (χ3n) is 6.50. The van der Waals surface area contributed by atoms with Crippen LogP contribution in [-0.2, 0) is 10.2 Å². The van der Waals surface area contributed by atoms with Crippen LogP contribution in [-0.4, -0.2) is 42.3 Å². The first-order valence-electron chi connectivity index (χ1n) is 11.9. The topological polar surface area (TPSA) is 114 Å². The number of benzene rings is 2. The summed E-state index contributed by atoms with van der Waals surface area (Å²) < 4.78 is 0. The summed E-state index contributed by atoms with van der Waals surface area (Å²) in [5.74, 6) is -0.785. The number of nitrogens with one attached hydrogen (secondary N) is 3. The first kappa shape index (κ1) is 27.8. The van der Waals surface area contributed by atoms with E-state index in [2.05, 4.69) is 42.8 Å². The first-order valence-corrected chi connectivity index (χ1v) is 12.7. The van der Waals surface area contributed by atoms with Gasteiger partial charge in [0.1, 0.15) is 5.41 Å². The second kappa shape index (κ2) is 11.5. The van der Waals surface area contributed by atoms with E-state index in [4.69, 9.17) is 28.3 Å². The fourth-order valence-electron chi connectivity index (χ4n) is 5.06. The van der Waals surface area contributed by atoms with Crippen LogP contribution in [0.1, 0.15) is 50.7 Å².